The van der Waals surface area contributed by atoms with Gasteiger partial charge in [-0.1, -0.05) is 37.3 Å². The Hall–Kier alpha value is -1.11. The van der Waals surface area contributed by atoms with Crippen molar-refractivity contribution in [2.45, 2.75) is 18.7 Å². The number of sulfonamides is 1. The van der Waals surface area contributed by atoms with Gasteiger partial charge in [-0.2, -0.15) is 0 Å². The van der Waals surface area contributed by atoms with Crippen LogP contribution in [-0.2, 0) is 14.8 Å². The lowest BCUT2D eigenvalue weighted by Gasteiger charge is -2.18. The molecule has 1 unspecified atom stereocenters. The quantitative estimate of drug-likeness (QED) is 0.582. The summed E-state index contributed by atoms with van der Waals surface area (Å²) in [5, 5.41) is 1.99. The zero-order valence-electron chi connectivity index (χ0n) is 12.3. The highest BCUT2D eigenvalue weighted by Crippen LogP contribution is 2.19. The molecule has 1 atom stereocenters. The Morgan fingerprint density at radius 3 is 2.48 bits per heavy atom. The summed E-state index contributed by atoms with van der Waals surface area (Å²) in [4.78, 5) is 11.9. The van der Waals surface area contributed by atoms with Gasteiger partial charge in [0.15, 0.2) is 0 Å². The number of hydrogen-bond donors (Lipinski definition) is 1. The predicted octanol–water partition coefficient (Wildman–Crippen LogP) is 1.75. The molecule has 0 aliphatic rings. The largest absolute Gasteiger partial charge is 0.354 e. The minimum Gasteiger partial charge on any atom is -0.354 e. The molecule has 0 heterocycles. The molecule has 1 rings (SSSR count). The fourth-order valence-electron chi connectivity index (χ4n) is 1.89. The Balaban J connectivity index is 2.37. The fraction of sp³-hybridized carbons (Fsp3) is 0.500. The van der Waals surface area contributed by atoms with E-state index in [1.54, 1.807) is 19.1 Å². The Morgan fingerprint density at radius 2 is 1.95 bits per heavy atom. The molecule has 7 heteroatoms. The minimum atomic E-state index is -3.18. The van der Waals surface area contributed by atoms with Gasteiger partial charge in [-0.05, 0) is 12.0 Å². The smallest absolute Gasteiger partial charge is 0.242 e. The minimum absolute atomic E-state index is 0.273. The first-order valence-corrected chi connectivity index (χ1v) is 9.06. The van der Waals surface area contributed by atoms with Crippen LogP contribution < -0.4 is 5.32 Å². The first-order valence-electron chi connectivity index (χ1n) is 6.78. The van der Waals surface area contributed by atoms with E-state index in [1.807, 2.05) is 18.2 Å². The Labute approximate surface area is 131 Å². The van der Waals surface area contributed by atoms with Gasteiger partial charge in [0.1, 0.15) is 5.38 Å². The van der Waals surface area contributed by atoms with E-state index in [1.165, 1.54) is 10.6 Å². The van der Waals surface area contributed by atoms with Crippen molar-refractivity contribution in [2.75, 3.05) is 25.9 Å². The van der Waals surface area contributed by atoms with E-state index in [9.17, 15) is 13.2 Å². The molecule has 1 aromatic carbocycles. The lowest BCUT2D eigenvalue weighted by Crippen LogP contribution is -2.34. The second-order valence-electron chi connectivity index (χ2n) is 4.67. The average molecular weight is 333 g/mol. The van der Waals surface area contributed by atoms with Crippen LogP contribution in [0.3, 0.4) is 0 Å². The van der Waals surface area contributed by atoms with Crippen molar-refractivity contribution in [3.8, 4) is 0 Å². The monoisotopic (exact) mass is 332 g/mol. The zero-order valence-corrected chi connectivity index (χ0v) is 13.8. The van der Waals surface area contributed by atoms with Crippen LogP contribution in [0.15, 0.2) is 30.3 Å². The first-order chi connectivity index (χ1) is 9.86. The van der Waals surface area contributed by atoms with E-state index >= 15 is 0 Å². The van der Waals surface area contributed by atoms with Crippen molar-refractivity contribution in [3.05, 3.63) is 35.9 Å². The molecule has 0 aliphatic heterocycles. The van der Waals surface area contributed by atoms with Gasteiger partial charge in [0.05, 0.1) is 6.26 Å². The van der Waals surface area contributed by atoms with Crippen molar-refractivity contribution in [1.29, 1.82) is 0 Å². The lowest BCUT2D eigenvalue weighted by molar-refractivity contribution is -0.120. The van der Waals surface area contributed by atoms with Gasteiger partial charge in [-0.25, -0.2) is 12.7 Å². The SMILES string of the molecule is CCN(CCCNC(=O)C(Cl)c1ccccc1)S(C)(=O)=O. The number of rotatable bonds is 8. The molecule has 1 N–H and O–H groups in total. The molecule has 0 fully saturated rings. The van der Waals surface area contributed by atoms with Gasteiger partial charge in [0.2, 0.25) is 15.9 Å². The number of alkyl halides is 1. The topological polar surface area (TPSA) is 66.5 Å². The van der Waals surface area contributed by atoms with Gasteiger partial charge in [0.25, 0.3) is 0 Å². The average Bonchev–Trinajstić information content (AvgIpc) is 2.45. The number of hydrogen-bond acceptors (Lipinski definition) is 3. The summed E-state index contributed by atoms with van der Waals surface area (Å²) in [7, 11) is -3.18. The van der Waals surface area contributed by atoms with Crippen LogP contribution in [0.4, 0.5) is 0 Å². The molecule has 0 saturated heterocycles. The molecular weight excluding hydrogens is 312 g/mol. The zero-order chi connectivity index (χ0) is 15.9. The number of nitrogens with one attached hydrogen (secondary N) is 1. The third-order valence-electron chi connectivity index (χ3n) is 3.03. The molecule has 1 aromatic rings. The number of amides is 1. The van der Waals surface area contributed by atoms with Crippen molar-refractivity contribution in [2.24, 2.45) is 0 Å². The summed E-state index contributed by atoms with van der Waals surface area (Å²) in [6, 6.07) is 9.08. The highest BCUT2D eigenvalue weighted by molar-refractivity contribution is 7.88. The van der Waals surface area contributed by atoms with Crippen molar-refractivity contribution in [3.63, 3.8) is 0 Å². The molecule has 0 aliphatic carbocycles. The van der Waals surface area contributed by atoms with E-state index in [0.29, 0.717) is 26.1 Å². The van der Waals surface area contributed by atoms with E-state index in [-0.39, 0.29) is 5.91 Å². The van der Waals surface area contributed by atoms with Crippen molar-refractivity contribution >= 4 is 27.5 Å². The van der Waals surface area contributed by atoms with Crippen LogP contribution in [0.1, 0.15) is 24.3 Å². The number of carbonyl (C=O) groups is 1. The van der Waals surface area contributed by atoms with Crippen LogP contribution in [0.5, 0.6) is 0 Å². The van der Waals surface area contributed by atoms with E-state index in [0.717, 1.165) is 5.56 Å². The maximum Gasteiger partial charge on any atom is 0.242 e. The third kappa shape index (κ3) is 6.03. The summed E-state index contributed by atoms with van der Waals surface area (Å²) >= 11 is 6.08. The Kier molecular flexibility index (Phi) is 7.14. The lowest BCUT2D eigenvalue weighted by atomic mass is 10.1. The van der Waals surface area contributed by atoms with Gasteiger partial charge < -0.3 is 5.32 Å². The molecule has 0 saturated carbocycles. The first kappa shape index (κ1) is 17.9. The van der Waals surface area contributed by atoms with Crippen LogP contribution >= 0.6 is 11.6 Å². The second kappa shape index (κ2) is 8.36. The van der Waals surface area contributed by atoms with Crippen LogP contribution in [-0.4, -0.2) is 44.5 Å². The summed E-state index contributed by atoms with van der Waals surface area (Å²) in [5.74, 6) is -0.273. The molecule has 21 heavy (non-hydrogen) atoms. The number of benzene rings is 1. The maximum absolute atomic E-state index is 11.9. The van der Waals surface area contributed by atoms with E-state index < -0.39 is 15.4 Å². The predicted molar refractivity (Wildman–Crippen MR) is 84.8 cm³/mol. The van der Waals surface area contributed by atoms with Gasteiger partial charge >= 0.3 is 0 Å². The van der Waals surface area contributed by atoms with E-state index in [4.69, 9.17) is 11.6 Å². The number of halogens is 1. The highest BCUT2D eigenvalue weighted by Gasteiger charge is 2.17. The molecule has 0 bridgehead atoms. The van der Waals surface area contributed by atoms with Crippen molar-refractivity contribution < 1.29 is 13.2 Å². The molecule has 118 valence electrons. The third-order valence-corrected chi connectivity index (χ3v) is 4.86. The normalized spacial score (nSPS) is 13.1. The molecule has 0 aromatic heterocycles. The van der Waals surface area contributed by atoms with Crippen LogP contribution in [0, 0.1) is 0 Å². The molecule has 5 nitrogen and oxygen atoms in total. The second-order valence-corrected chi connectivity index (χ2v) is 7.09. The van der Waals surface area contributed by atoms with E-state index in [2.05, 4.69) is 5.32 Å². The molecule has 0 radical (unpaired) electrons. The van der Waals surface area contributed by atoms with Gasteiger partial charge in [0, 0.05) is 19.6 Å². The summed E-state index contributed by atoms with van der Waals surface area (Å²) in [6.45, 7) is 2.98. The Bertz CT molecular complexity index is 549. The fourth-order valence-corrected chi connectivity index (χ4v) is 3.04. The highest BCUT2D eigenvalue weighted by atomic mass is 35.5. The number of carbonyl (C=O) groups excluding carboxylic acids is 1. The standard InChI is InChI=1S/C14H21ClN2O3S/c1-3-17(21(2,19)20)11-7-10-16-14(18)13(15)12-8-5-4-6-9-12/h4-6,8-9,13H,3,7,10-11H2,1-2H3,(H,16,18). The molecular formula is C14H21ClN2O3S. The number of nitrogens with zero attached hydrogens (tertiary/aromatic N) is 1. The Morgan fingerprint density at radius 1 is 1.33 bits per heavy atom. The summed E-state index contributed by atoms with van der Waals surface area (Å²) < 4.78 is 24.2. The molecule has 0 spiro atoms. The summed E-state index contributed by atoms with van der Waals surface area (Å²) in [6.07, 6.45) is 1.73. The van der Waals surface area contributed by atoms with Crippen LogP contribution in [0.25, 0.3) is 0 Å². The molecule has 1 amide bonds. The van der Waals surface area contributed by atoms with Crippen LogP contribution in [0.2, 0.25) is 0 Å². The summed E-state index contributed by atoms with van der Waals surface area (Å²) in [5.41, 5.74) is 0.739. The maximum atomic E-state index is 11.9. The van der Waals surface area contributed by atoms with Gasteiger partial charge in [-0.15, -0.1) is 11.6 Å². The van der Waals surface area contributed by atoms with Gasteiger partial charge in [-0.3, -0.25) is 4.79 Å². The van der Waals surface area contributed by atoms with Crippen molar-refractivity contribution in [1.82, 2.24) is 9.62 Å².